The van der Waals surface area contributed by atoms with Crippen LogP contribution in [0.2, 0.25) is 0 Å². The van der Waals surface area contributed by atoms with Crippen LogP contribution in [0.25, 0.3) is 0 Å². The molecule has 0 amide bonds. The topological polar surface area (TPSA) is 104 Å². The van der Waals surface area contributed by atoms with Gasteiger partial charge in [-0.3, -0.25) is 0 Å². The van der Waals surface area contributed by atoms with Crippen molar-refractivity contribution >= 4 is 10.2 Å². The molecule has 0 aromatic carbocycles. The van der Waals surface area contributed by atoms with Crippen molar-refractivity contribution in [3.63, 3.8) is 0 Å². The van der Waals surface area contributed by atoms with Gasteiger partial charge in [0.15, 0.2) is 0 Å². The predicted molar refractivity (Wildman–Crippen MR) is 65.4 cm³/mol. The molecule has 1 heterocycles. The van der Waals surface area contributed by atoms with Crippen LogP contribution in [0.15, 0.2) is 12.4 Å². The number of hydrogen-bond acceptors (Lipinski definition) is 4. The average Bonchev–Trinajstić information content (AvgIpc) is 2.78. The van der Waals surface area contributed by atoms with Gasteiger partial charge in [-0.2, -0.15) is 17.4 Å². The van der Waals surface area contributed by atoms with E-state index < -0.39 is 16.3 Å². The first kappa shape index (κ1) is 14.1. The van der Waals surface area contributed by atoms with Gasteiger partial charge in [0.2, 0.25) is 0 Å². The molecule has 98 valence electrons. The van der Waals surface area contributed by atoms with Crippen molar-refractivity contribution in [2.75, 3.05) is 20.1 Å². The van der Waals surface area contributed by atoms with E-state index in [9.17, 15) is 8.42 Å². The fraction of sp³-hybridized carbons (Fsp3) is 0.667. The average molecular weight is 261 g/mol. The van der Waals surface area contributed by atoms with Gasteiger partial charge in [0.1, 0.15) is 5.82 Å². The molecule has 1 atom stereocenters. The molecular weight excluding hydrogens is 242 g/mol. The molecule has 4 N–H and O–H groups in total. The lowest BCUT2D eigenvalue weighted by Gasteiger charge is -2.19. The highest BCUT2D eigenvalue weighted by molar-refractivity contribution is 7.87. The van der Waals surface area contributed by atoms with Crippen LogP contribution >= 0.6 is 0 Å². The number of nitrogens with two attached hydrogens (primary N) is 1. The number of nitrogens with zero attached hydrogens (tertiary/aromatic N) is 2. The normalized spacial score (nSPS) is 14.1. The van der Waals surface area contributed by atoms with Gasteiger partial charge in [0, 0.05) is 26.0 Å². The first-order valence-corrected chi connectivity index (χ1v) is 6.84. The van der Waals surface area contributed by atoms with Crippen molar-refractivity contribution in [3.8, 4) is 0 Å². The van der Waals surface area contributed by atoms with Crippen molar-refractivity contribution in [3.05, 3.63) is 18.2 Å². The zero-order chi connectivity index (χ0) is 12.9. The van der Waals surface area contributed by atoms with Gasteiger partial charge in [-0.1, -0.05) is 0 Å². The first-order valence-electron chi connectivity index (χ1n) is 5.40. The Morgan fingerprint density at radius 3 is 2.88 bits per heavy atom. The van der Waals surface area contributed by atoms with Gasteiger partial charge in [0.25, 0.3) is 10.2 Å². The van der Waals surface area contributed by atoms with Crippen molar-refractivity contribution < 1.29 is 8.42 Å². The highest BCUT2D eigenvalue weighted by Crippen LogP contribution is 2.08. The smallest absolute Gasteiger partial charge is 0.279 e. The van der Waals surface area contributed by atoms with E-state index in [1.807, 2.05) is 0 Å². The highest BCUT2D eigenvalue weighted by atomic mass is 32.2. The molecule has 1 aromatic rings. The SMILES string of the molecule is CC(NS(=O)(=O)N(C)CCCN)c1ncc[nH]1. The molecule has 1 rings (SSSR count). The van der Waals surface area contributed by atoms with Crippen LogP contribution < -0.4 is 10.5 Å². The minimum absolute atomic E-state index is 0.393. The van der Waals surface area contributed by atoms with E-state index in [4.69, 9.17) is 5.73 Å². The maximum Gasteiger partial charge on any atom is 0.279 e. The fourth-order valence-electron chi connectivity index (χ4n) is 1.32. The molecule has 17 heavy (non-hydrogen) atoms. The molecule has 0 aliphatic heterocycles. The Bertz CT molecular complexity index is 417. The van der Waals surface area contributed by atoms with E-state index in [0.717, 1.165) is 0 Å². The van der Waals surface area contributed by atoms with Crippen LogP contribution in [0.3, 0.4) is 0 Å². The number of aromatic amines is 1. The molecule has 0 aliphatic carbocycles. The Balaban J connectivity index is 2.60. The van der Waals surface area contributed by atoms with Crippen molar-refractivity contribution in [2.45, 2.75) is 19.4 Å². The lowest BCUT2D eigenvalue weighted by Crippen LogP contribution is -2.40. The zero-order valence-corrected chi connectivity index (χ0v) is 10.9. The van der Waals surface area contributed by atoms with Crippen LogP contribution in [-0.4, -0.2) is 42.8 Å². The van der Waals surface area contributed by atoms with Crippen LogP contribution in [0.1, 0.15) is 25.2 Å². The minimum Gasteiger partial charge on any atom is -0.347 e. The molecule has 0 fully saturated rings. The summed E-state index contributed by atoms with van der Waals surface area (Å²) in [4.78, 5) is 6.87. The van der Waals surface area contributed by atoms with E-state index in [-0.39, 0.29) is 0 Å². The summed E-state index contributed by atoms with van der Waals surface area (Å²) in [6.45, 7) is 2.59. The molecule has 0 spiro atoms. The monoisotopic (exact) mass is 261 g/mol. The molecule has 0 saturated heterocycles. The molecule has 7 nitrogen and oxygen atoms in total. The van der Waals surface area contributed by atoms with E-state index in [1.54, 1.807) is 19.3 Å². The maximum atomic E-state index is 11.9. The molecule has 1 unspecified atom stereocenters. The Kier molecular flexibility index (Phi) is 5.06. The van der Waals surface area contributed by atoms with Crippen molar-refractivity contribution in [1.82, 2.24) is 19.0 Å². The number of H-pyrrole nitrogens is 1. The summed E-state index contributed by atoms with van der Waals surface area (Å²) in [6.07, 6.45) is 3.86. The van der Waals surface area contributed by atoms with E-state index in [1.165, 1.54) is 11.4 Å². The molecule has 1 aromatic heterocycles. The summed E-state index contributed by atoms with van der Waals surface area (Å²) in [5.41, 5.74) is 5.34. The maximum absolute atomic E-state index is 11.9. The predicted octanol–water partition coefficient (Wildman–Crippen LogP) is -0.414. The third-order valence-electron chi connectivity index (χ3n) is 2.34. The fourth-order valence-corrected chi connectivity index (χ4v) is 2.43. The second kappa shape index (κ2) is 6.10. The van der Waals surface area contributed by atoms with Crippen LogP contribution in [-0.2, 0) is 10.2 Å². The zero-order valence-electron chi connectivity index (χ0n) is 10.0. The molecule has 8 heteroatoms. The standard InChI is InChI=1S/C9H19N5O2S/c1-8(9-11-5-6-12-9)13-17(15,16)14(2)7-3-4-10/h5-6,8,13H,3-4,7,10H2,1-2H3,(H,11,12). The van der Waals surface area contributed by atoms with Crippen LogP contribution in [0.4, 0.5) is 0 Å². The molecule has 0 radical (unpaired) electrons. The van der Waals surface area contributed by atoms with Crippen molar-refractivity contribution in [1.29, 1.82) is 0 Å². The Morgan fingerprint density at radius 2 is 2.35 bits per heavy atom. The summed E-state index contributed by atoms with van der Waals surface area (Å²) in [5, 5.41) is 0. The van der Waals surface area contributed by atoms with E-state index in [0.29, 0.717) is 25.3 Å². The van der Waals surface area contributed by atoms with Gasteiger partial charge in [-0.15, -0.1) is 0 Å². The number of imidazole rings is 1. The Morgan fingerprint density at radius 1 is 1.65 bits per heavy atom. The first-order chi connectivity index (χ1) is 7.97. The van der Waals surface area contributed by atoms with Crippen molar-refractivity contribution in [2.24, 2.45) is 5.73 Å². The molecule has 0 saturated carbocycles. The van der Waals surface area contributed by atoms with Gasteiger partial charge in [0.05, 0.1) is 6.04 Å². The second-order valence-electron chi connectivity index (χ2n) is 3.78. The van der Waals surface area contributed by atoms with Gasteiger partial charge < -0.3 is 10.7 Å². The second-order valence-corrected chi connectivity index (χ2v) is 5.59. The molecule has 0 aliphatic rings. The number of nitrogens with one attached hydrogen (secondary N) is 2. The molecular formula is C9H19N5O2S. The number of hydrogen-bond donors (Lipinski definition) is 3. The van der Waals surface area contributed by atoms with Crippen LogP contribution in [0.5, 0.6) is 0 Å². The van der Waals surface area contributed by atoms with Gasteiger partial charge >= 0.3 is 0 Å². The lowest BCUT2D eigenvalue weighted by atomic mass is 10.3. The number of rotatable bonds is 7. The Labute approximate surface area is 102 Å². The summed E-state index contributed by atoms with van der Waals surface area (Å²) in [5.74, 6) is 0.584. The Hall–Kier alpha value is -0.960. The van der Waals surface area contributed by atoms with E-state index in [2.05, 4.69) is 14.7 Å². The van der Waals surface area contributed by atoms with Crippen LogP contribution in [0, 0.1) is 0 Å². The summed E-state index contributed by atoms with van der Waals surface area (Å²) in [6, 6.07) is -0.393. The van der Waals surface area contributed by atoms with Gasteiger partial charge in [-0.05, 0) is 19.9 Å². The summed E-state index contributed by atoms with van der Waals surface area (Å²) in [7, 11) is -1.97. The summed E-state index contributed by atoms with van der Waals surface area (Å²) >= 11 is 0. The molecule has 0 bridgehead atoms. The lowest BCUT2D eigenvalue weighted by molar-refractivity contribution is 0.444. The third-order valence-corrected chi connectivity index (χ3v) is 4.00. The quantitative estimate of drug-likeness (QED) is 0.620. The van der Waals surface area contributed by atoms with Gasteiger partial charge in [-0.25, -0.2) is 4.98 Å². The third kappa shape index (κ3) is 4.08. The highest BCUT2D eigenvalue weighted by Gasteiger charge is 2.21. The number of aromatic nitrogens is 2. The summed E-state index contributed by atoms with van der Waals surface area (Å²) < 4.78 is 27.5. The minimum atomic E-state index is -3.49. The van der Waals surface area contributed by atoms with E-state index >= 15 is 0 Å². The largest absolute Gasteiger partial charge is 0.347 e.